The number of carbonyl (C=O) groups excluding carboxylic acids is 1. The molecule has 3 nitrogen and oxygen atoms in total. The second kappa shape index (κ2) is 5.59. The van der Waals surface area contributed by atoms with Gasteiger partial charge in [0.1, 0.15) is 11.4 Å². The molecule has 1 amide bonds. The third-order valence-corrected chi connectivity index (χ3v) is 4.47. The van der Waals surface area contributed by atoms with Crippen molar-refractivity contribution in [3.63, 3.8) is 0 Å². The first kappa shape index (κ1) is 14.5. The van der Waals surface area contributed by atoms with Gasteiger partial charge in [0.25, 0.3) is 0 Å². The topological polar surface area (TPSA) is 55.1 Å². The third kappa shape index (κ3) is 2.98. The van der Waals surface area contributed by atoms with Gasteiger partial charge in [-0.15, -0.1) is 0 Å². The maximum Gasteiger partial charge on any atom is 0.242 e. The molecule has 0 heterocycles. The van der Waals surface area contributed by atoms with Crippen molar-refractivity contribution in [2.24, 2.45) is 5.73 Å². The van der Waals surface area contributed by atoms with Gasteiger partial charge in [0.05, 0.1) is 0 Å². The normalized spacial score (nSPS) is 19.3. The first-order valence-corrected chi connectivity index (χ1v) is 7.26. The molecular formula is C14H18BrFN2O. The van der Waals surface area contributed by atoms with E-state index in [9.17, 15) is 9.18 Å². The molecule has 0 aromatic heterocycles. The van der Waals surface area contributed by atoms with E-state index in [1.165, 1.54) is 12.1 Å². The van der Waals surface area contributed by atoms with Crippen molar-refractivity contribution in [2.45, 2.75) is 44.2 Å². The summed E-state index contributed by atoms with van der Waals surface area (Å²) in [5.41, 5.74) is 5.26. The SMILES string of the molecule is CC(NC1CCCC1)(C(N)=O)c1ccc(F)cc1Br. The predicted octanol–water partition coefficient (Wildman–Crippen LogP) is 2.82. The number of nitrogens with two attached hydrogens (primary N) is 1. The number of amides is 1. The average Bonchev–Trinajstić information content (AvgIpc) is 2.81. The molecule has 1 aliphatic rings. The van der Waals surface area contributed by atoms with Crippen LogP contribution >= 0.6 is 15.9 Å². The predicted molar refractivity (Wildman–Crippen MR) is 76.0 cm³/mol. The molecule has 0 saturated heterocycles. The molecule has 0 aliphatic heterocycles. The minimum Gasteiger partial charge on any atom is -0.368 e. The van der Waals surface area contributed by atoms with Crippen LogP contribution < -0.4 is 11.1 Å². The van der Waals surface area contributed by atoms with Crippen LogP contribution in [-0.2, 0) is 10.3 Å². The summed E-state index contributed by atoms with van der Waals surface area (Å²) in [6.07, 6.45) is 4.41. The molecule has 104 valence electrons. The number of hydrogen-bond donors (Lipinski definition) is 2. The van der Waals surface area contributed by atoms with Crippen LogP contribution in [-0.4, -0.2) is 11.9 Å². The molecule has 0 radical (unpaired) electrons. The maximum atomic E-state index is 13.2. The smallest absolute Gasteiger partial charge is 0.242 e. The summed E-state index contributed by atoms with van der Waals surface area (Å²) in [4.78, 5) is 11.9. The highest BCUT2D eigenvalue weighted by atomic mass is 79.9. The van der Waals surface area contributed by atoms with E-state index in [4.69, 9.17) is 5.73 Å². The Balaban J connectivity index is 2.34. The van der Waals surface area contributed by atoms with E-state index in [-0.39, 0.29) is 11.9 Å². The molecule has 0 spiro atoms. The van der Waals surface area contributed by atoms with Crippen molar-refractivity contribution in [1.29, 1.82) is 0 Å². The van der Waals surface area contributed by atoms with Crippen LogP contribution in [0.25, 0.3) is 0 Å². The third-order valence-electron chi connectivity index (χ3n) is 3.81. The van der Waals surface area contributed by atoms with E-state index in [1.807, 2.05) is 0 Å². The van der Waals surface area contributed by atoms with Crippen LogP contribution in [0, 0.1) is 5.82 Å². The van der Waals surface area contributed by atoms with Gasteiger partial charge in [-0.1, -0.05) is 34.8 Å². The number of nitrogens with one attached hydrogen (secondary N) is 1. The Morgan fingerprint density at radius 3 is 2.63 bits per heavy atom. The van der Waals surface area contributed by atoms with Gasteiger partial charge in [-0.05, 0) is 37.5 Å². The zero-order chi connectivity index (χ0) is 14.0. The lowest BCUT2D eigenvalue weighted by Crippen LogP contribution is -2.53. The van der Waals surface area contributed by atoms with E-state index >= 15 is 0 Å². The van der Waals surface area contributed by atoms with Crippen LogP contribution in [0.2, 0.25) is 0 Å². The first-order chi connectivity index (χ1) is 8.93. The van der Waals surface area contributed by atoms with Crippen LogP contribution in [0.5, 0.6) is 0 Å². The molecule has 5 heteroatoms. The highest BCUT2D eigenvalue weighted by Gasteiger charge is 2.37. The molecule has 19 heavy (non-hydrogen) atoms. The standard InChI is InChI=1S/C14H18BrFN2O/c1-14(13(17)19,18-10-4-2-3-5-10)11-7-6-9(16)8-12(11)15/h6-8,10,18H,2-5H2,1H3,(H2,17,19). The van der Waals surface area contributed by atoms with E-state index in [0.717, 1.165) is 25.7 Å². The summed E-state index contributed by atoms with van der Waals surface area (Å²) >= 11 is 3.31. The highest BCUT2D eigenvalue weighted by Crippen LogP contribution is 2.31. The van der Waals surface area contributed by atoms with Gasteiger partial charge in [-0.25, -0.2) is 4.39 Å². The molecule has 1 fully saturated rings. The molecule has 1 unspecified atom stereocenters. The molecule has 1 aliphatic carbocycles. The molecule has 2 rings (SSSR count). The lowest BCUT2D eigenvalue weighted by molar-refractivity contribution is -0.124. The van der Waals surface area contributed by atoms with Crippen LogP contribution in [0.3, 0.4) is 0 Å². The molecule has 1 saturated carbocycles. The largest absolute Gasteiger partial charge is 0.368 e. The molecule has 0 bridgehead atoms. The van der Waals surface area contributed by atoms with Gasteiger partial charge in [0, 0.05) is 10.5 Å². The molecular weight excluding hydrogens is 311 g/mol. The lowest BCUT2D eigenvalue weighted by atomic mass is 9.90. The van der Waals surface area contributed by atoms with Gasteiger partial charge in [-0.3, -0.25) is 10.1 Å². The van der Waals surface area contributed by atoms with Crippen molar-refractivity contribution >= 4 is 21.8 Å². The van der Waals surface area contributed by atoms with Crippen LogP contribution in [0.4, 0.5) is 4.39 Å². The zero-order valence-corrected chi connectivity index (χ0v) is 12.5. The molecule has 3 N–H and O–H groups in total. The number of rotatable bonds is 4. The maximum absolute atomic E-state index is 13.2. The second-order valence-electron chi connectivity index (χ2n) is 5.24. The Hall–Kier alpha value is -0.940. The molecule has 1 atom stereocenters. The van der Waals surface area contributed by atoms with Crippen LogP contribution in [0.1, 0.15) is 38.2 Å². The minimum atomic E-state index is -0.985. The average molecular weight is 329 g/mol. The van der Waals surface area contributed by atoms with E-state index in [0.29, 0.717) is 10.0 Å². The highest BCUT2D eigenvalue weighted by molar-refractivity contribution is 9.10. The second-order valence-corrected chi connectivity index (χ2v) is 6.09. The fourth-order valence-electron chi connectivity index (χ4n) is 2.65. The first-order valence-electron chi connectivity index (χ1n) is 6.46. The van der Waals surface area contributed by atoms with Crippen molar-refractivity contribution in [2.75, 3.05) is 0 Å². The van der Waals surface area contributed by atoms with Gasteiger partial charge >= 0.3 is 0 Å². The number of carbonyl (C=O) groups is 1. The number of benzene rings is 1. The fraction of sp³-hybridized carbons (Fsp3) is 0.500. The summed E-state index contributed by atoms with van der Waals surface area (Å²) in [6.45, 7) is 1.76. The van der Waals surface area contributed by atoms with E-state index in [1.54, 1.807) is 13.0 Å². The van der Waals surface area contributed by atoms with Gasteiger partial charge in [0.15, 0.2) is 0 Å². The van der Waals surface area contributed by atoms with Crippen molar-refractivity contribution in [3.8, 4) is 0 Å². The summed E-state index contributed by atoms with van der Waals surface area (Å²) < 4.78 is 13.7. The Morgan fingerprint density at radius 1 is 1.47 bits per heavy atom. The monoisotopic (exact) mass is 328 g/mol. The van der Waals surface area contributed by atoms with E-state index < -0.39 is 11.4 Å². The Labute approximate surface area is 120 Å². The zero-order valence-electron chi connectivity index (χ0n) is 10.9. The van der Waals surface area contributed by atoms with E-state index in [2.05, 4.69) is 21.2 Å². The van der Waals surface area contributed by atoms with Crippen molar-refractivity contribution in [3.05, 3.63) is 34.1 Å². The Morgan fingerprint density at radius 2 is 2.11 bits per heavy atom. The van der Waals surface area contributed by atoms with Crippen molar-refractivity contribution < 1.29 is 9.18 Å². The quantitative estimate of drug-likeness (QED) is 0.892. The number of primary amides is 1. The van der Waals surface area contributed by atoms with Gasteiger partial charge in [-0.2, -0.15) is 0 Å². The molecule has 1 aromatic carbocycles. The van der Waals surface area contributed by atoms with Gasteiger partial charge in [0.2, 0.25) is 5.91 Å². The minimum absolute atomic E-state index is 0.287. The lowest BCUT2D eigenvalue weighted by Gasteiger charge is -2.32. The van der Waals surface area contributed by atoms with Crippen molar-refractivity contribution in [1.82, 2.24) is 5.32 Å². The summed E-state index contributed by atoms with van der Waals surface area (Å²) in [5, 5.41) is 3.34. The molecule has 1 aromatic rings. The Kier molecular flexibility index (Phi) is 4.26. The summed E-state index contributed by atoms with van der Waals surface area (Å²) in [6, 6.07) is 4.59. The number of halogens is 2. The fourth-order valence-corrected chi connectivity index (χ4v) is 3.40. The van der Waals surface area contributed by atoms with Gasteiger partial charge < -0.3 is 5.73 Å². The van der Waals surface area contributed by atoms with Crippen LogP contribution in [0.15, 0.2) is 22.7 Å². The summed E-state index contributed by atoms with van der Waals surface area (Å²) in [7, 11) is 0. The summed E-state index contributed by atoms with van der Waals surface area (Å²) in [5.74, 6) is -0.796. The number of hydrogen-bond acceptors (Lipinski definition) is 2. The Bertz CT molecular complexity index is 488.